The topological polar surface area (TPSA) is 56.5 Å². The molecule has 1 aromatic carbocycles. The summed E-state index contributed by atoms with van der Waals surface area (Å²) in [6, 6.07) is 4.75. The van der Waals surface area contributed by atoms with E-state index in [-0.39, 0.29) is 6.61 Å². The van der Waals surface area contributed by atoms with E-state index < -0.39 is 25.0 Å². The van der Waals surface area contributed by atoms with Crippen molar-refractivity contribution < 1.29 is 27.0 Å². The molecule has 0 spiro atoms. The molecule has 2 rings (SSSR count). The predicted octanol–water partition coefficient (Wildman–Crippen LogP) is 2.04. The Morgan fingerprint density at radius 3 is 2.81 bits per heavy atom. The maximum Gasteiger partial charge on any atom is 0.330 e. The Kier molecular flexibility index (Phi) is 5.02. The average Bonchev–Trinajstić information content (AvgIpc) is 2.90. The Morgan fingerprint density at radius 2 is 2.14 bits per heavy atom. The zero-order valence-electron chi connectivity index (χ0n) is 11.1. The normalized spacial score (nSPS) is 15.9. The molecule has 1 aliphatic heterocycles. The summed E-state index contributed by atoms with van der Waals surface area (Å²) in [6.45, 7) is -0.994. The van der Waals surface area contributed by atoms with Crippen molar-refractivity contribution in [2.24, 2.45) is 5.84 Å². The van der Waals surface area contributed by atoms with Gasteiger partial charge in [0.2, 0.25) is 0 Å². The first-order chi connectivity index (χ1) is 9.94. The van der Waals surface area contributed by atoms with Gasteiger partial charge in [0.25, 0.3) is 0 Å². The number of benzene rings is 1. The summed E-state index contributed by atoms with van der Waals surface area (Å²) in [5.41, 5.74) is 4.14. The number of nitrogens with two attached hydrogens (primary N) is 1. The number of nitrogens with one attached hydrogen (secondary N) is 1. The lowest BCUT2D eigenvalue weighted by molar-refractivity contribution is -0.167. The Balaban J connectivity index is 1.94. The zero-order chi connectivity index (χ0) is 15.5. The zero-order valence-corrected chi connectivity index (χ0v) is 11.1. The van der Waals surface area contributed by atoms with Crippen LogP contribution in [0.15, 0.2) is 18.2 Å². The van der Waals surface area contributed by atoms with Crippen LogP contribution in [0.25, 0.3) is 0 Å². The molecule has 1 heterocycles. The summed E-state index contributed by atoms with van der Waals surface area (Å²) in [7, 11) is 0. The van der Waals surface area contributed by atoms with Crippen molar-refractivity contribution in [3.63, 3.8) is 0 Å². The Labute approximate surface area is 119 Å². The van der Waals surface area contributed by atoms with Crippen LogP contribution in [-0.2, 0) is 11.2 Å². The monoisotopic (exact) mass is 308 g/mol. The molecule has 1 unspecified atom stereocenters. The second-order valence-corrected chi connectivity index (χ2v) is 4.76. The number of hydrogen-bond donors (Lipinski definition) is 2. The minimum atomic E-state index is -4.16. The number of hydrazine groups is 1. The molecule has 118 valence electrons. The third-order valence-corrected chi connectivity index (χ3v) is 3.22. The van der Waals surface area contributed by atoms with Gasteiger partial charge in [0.05, 0.1) is 19.3 Å². The van der Waals surface area contributed by atoms with Gasteiger partial charge in [0, 0.05) is 6.42 Å². The minimum absolute atomic E-state index is 0.238. The lowest BCUT2D eigenvalue weighted by atomic mass is 10.0. The van der Waals surface area contributed by atoms with E-state index >= 15 is 0 Å². The summed E-state index contributed by atoms with van der Waals surface area (Å²) in [4.78, 5) is 0. The number of halogens is 4. The van der Waals surface area contributed by atoms with Crippen LogP contribution in [-0.4, -0.2) is 32.2 Å². The van der Waals surface area contributed by atoms with E-state index in [0.29, 0.717) is 6.61 Å². The summed E-state index contributed by atoms with van der Waals surface area (Å²) < 4.78 is 59.5. The maximum atomic E-state index is 12.7. The highest BCUT2D eigenvalue weighted by atomic mass is 19.3. The van der Waals surface area contributed by atoms with Gasteiger partial charge >= 0.3 is 12.3 Å². The molecule has 0 radical (unpaired) electrons. The first-order valence-corrected chi connectivity index (χ1v) is 6.39. The lowest BCUT2D eigenvalue weighted by Crippen LogP contribution is -2.36. The van der Waals surface area contributed by atoms with Gasteiger partial charge in [0.15, 0.2) is 0 Å². The molecule has 8 heteroatoms. The summed E-state index contributed by atoms with van der Waals surface area (Å²) >= 11 is 0. The number of fused-ring (bicyclic) bond motifs is 1. The molecule has 21 heavy (non-hydrogen) atoms. The fourth-order valence-corrected chi connectivity index (χ4v) is 2.04. The second kappa shape index (κ2) is 6.59. The van der Waals surface area contributed by atoms with E-state index in [1.54, 1.807) is 12.1 Å². The van der Waals surface area contributed by atoms with Crippen LogP contribution >= 0.6 is 0 Å². The van der Waals surface area contributed by atoms with Crippen molar-refractivity contribution in [1.29, 1.82) is 0 Å². The molecule has 1 aromatic rings. The lowest BCUT2D eigenvalue weighted by Gasteiger charge is -2.20. The third-order valence-electron chi connectivity index (χ3n) is 3.22. The molecule has 1 atom stereocenters. The SMILES string of the molecule is NNC(COCC(F)(F)C(F)F)c1ccc2c(c1)CCO2. The second-order valence-electron chi connectivity index (χ2n) is 4.76. The molecule has 0 amide bonds. The van der Waals surface area contributed by atoms with Gasteiger partial charge < -0.3 is 9.47 Å². The van der Waals surface area contributed by atoms with Crippen LogP contribution in [0.3, 0.4) is 0 Å². The number of hydrogen-bond acceptors (Lipinski definition) is 4. The fraction of sp³-hybridized carbons (Fsp3) is 0.538. The molecule has 1 aliphatic rings. The predicted molar refractivity (Wildman–Crippen MR) is 67.5 cm³/mol. The van der Waals surface area contributed by atoms with Gasteiger partial charge in [-0.05, 0) is 17.2 Å². The molecule has 0 saturated carbocycles. The quantitative estimate of drug-likeness (QED) is 0.460. The highest BCUT2D eigenvalue weighted by Crippen LogP contribution is 2.28. The first kappa shape index (κ1) is 16.0. The molecule has 0 saturated heterocycles. The minimum Gasteiger partial charge on any atom is -0.493 e. The standard InChI is InChI=1S/C13H16F4N2O2/c14-12(15)13(16,17)7-20-6-10(19-18)8-1-2-11-9(5-8)3-4-21-11/h1-2,5,10,12,19H,3-4,6-7,18H2. The van der Waals surface area contributed by atoms with Gasteiger partial charge in [-0.3, -0.25) is 11.3 Å². The Morgan fingerprint density at radius 1 is 1.38 bits per heavy atom. The number of alkyl halides is 4. The summed E-state index contributed by atoms with van der Waals surface area (Å²) in [6.07, 6.45) is -3.00. The van der Waals surface area contributed by atoms with E-state index in [1.807, 2.05) is 6.07 Å². The highest BCUT2D eigenvalue weighted by molar-refractivity contribution is 5.40. The van der Waals surface area contributed by atoms with Crippen LogP contribution in [0.5, 0.6) is 5.75 Å². The van der Waals surface area contributed by atoms with Crippen LogP contribution in [0.1, 0.15) is 17.2 Å². The van der Waals surface area contributed by atoms with Gasteiger partial charge in [-0.1, -0.05) is 12.1 Å². The molecule has 4 nitrogen and oxygen atoms in total. The van der Waals surface area contributed by atoms with E-state index in [1.165, 1.54) is 0 Å². The van der Waals surface area contributed by atoms with Gasteiger partial charge in [0.1, 0.15) is 12.4 Å². The Bertz CT molecular complexity index is 485. The van der Waals surface area contributed by atoms with Gasteiger partial charge in [-0.15, -0.1) is 0 Å². The molecule has 0 fully saturated rings. The summed E-state index contributed by atoms with van der Waals surface area (Å²) in [5, 5.41) is 0. The molecular weight excluding hydrogens is 292 g/mol. The van der Waals surface area contributed by atoms with Crippen molar-refractivity contribution in [2.75, 3.05) is 19.8 Å². The molecule has 0 aromatic heterocycles. The average molecular weight is 308 g/mol. The molecule has 0 aliphatic carbocycles. The van der Waals surface area contributed by atoms with Crippen molar-refractivity contribution in [2.45, 2.75) is 24.8 Å². The molecule has 0 bridgehead atoms. The third kappa shape index (κ3) is 3.84. The van der Waals surface area contributed by atoms with Crippen molar-refractivity contribution in [3.8, 4) is 5.75 Å². The van der Waals surface area contributed by atoms with Crippen molar-refractivity contribution >= 4 is 0 Å². The largest absolute Gasteiger partial charge is 0.493 e. The molecular formula is C13H16F4N2O2. The maximum absolute atomic E-state index is 12.7. The van der Waals surface area contributed by atoms with E-state index in [9.17, 15) is 17.6 Å². The Hall–Kier alpha value is -1.38. The van der Waals surface area contributed by atoms with Crippen LogP contribution in [0.2, 0.25) is 0 Å². The first-order valence-electron chi connectivity index (χ1n) is 6.39. The fourth-order valence-electron chi connectivity index (χ4n) is 2.04. The van der Waals surface area contributed by atoms with Crippen molar-refractivity contribution in [3.05, 3.63) is 29.3 Å². The van der Waals surface area contributed by atoms with Crippen LogP contribution in [0.4, 0.5) is 17.6 Å². The van der Waals surface area contributed by atoms with E-state index in [0.717, 1.165) is 23.3 Å². The van der Waals surface area contributed by atoms with Crippen LogP contribution in [0, 0.1) is 0 Å². The van der Waals surface area contributed by atoms with Crippen molar-refractivity contribution in [1.82, 2.24) is 5.43 Å². The molecule has 3 N–H and O–H groups in total. The number of rotatable bonds is 7. The smallest absolute Gasteiger partial charge is 0.330 e. The summed E-state index contributed by atoms with van der Waals surface area (Å²) in [5.74, 6) is 1.98. The van der Waals surface area contributed by atoms with Crippen LogP contribution < -0.4 is 16.0 Å². The number of ether oxygens (including phenoxy) is 2. The van der Waals surface area contributed by atoms with Gasteiger partial charge in [-0.25, -0.2) is 8.78 Å². The van der Waals surface area contributed by atoms with E-state index in [2.05, 4.69) is 10.2 Å². The highest BCUT2D eigenvalue weighted by Gasteiger charge is 2.41. The van der Waals surface area contributed by atoms with E-state index in [4.69, 9.17) is 10.6 Å². The van der Waals surface area contributed by atoms with Gasteiger partial charge in [-0.2, -0.15) is 8.78 Å².